The maximum absolute atomic E-state index is 5.92. The fourth-order valence-electron chi connectivity index (χ4n) is 1.13. The average molecular weight is 309 g/mol. The first-order chi connectivity index (χ1) is 6.24. The van der Waals surface area contributed by atoms with Crippen molar-refractivity contribution in [3.8, 4) is 0 Å². The van der Waals surface area contributed by atoms with Gasteiger partial charge in [-0.05, 0) is 34.7 Å². The lowest BCUT2D eigenvalue weighted by molar-refractivity contribution is 0.458. The number of aromatic nitrogens is 1. The van der Waals surface area contributed by atoms with Gasteiger partial charge in [0, 0.05) is 7.05 Å². The maximum Gasteiger partial charge on any atom is 0.183 e. The number of nitrogens with one attached hydrogen (secondary N) is 1. The van der Waals surface area contributed by atoms with E-state index in [2.05, 4.69) is 33.1 Å². The summed E-state index contributed by atoms with van der Waals surface area (Å²) in [6.45, 7) is 0. The van der Waals surface area contributed by atoms with Gasteiger partial charge in [-0.3, -0.25) is 0 Å². The van der Waals surface area contributed by atoms with Crippen LogP contribution in [0.1, 0.15) is 0 Å². The molecule has 1 aromatic carbocycles. The Hall–Kier alpha value is -0.490. The first-order valence-corrected chi connectivity index (χ1v) is 5.11. The predicted octanol–water partition coefficient (Wildman–Crippen LogP) is 3.13. The summed E-state index contributed by atoms with van der Waals surface area (Å²) in [6.07, 6.45) is 0. The standard InChI is InChI=1S/C8H6ClIN2O/c1-11-8-4-2-3-5(9)6(10)7(4)13-12-8/h2-3H,1H3,(H,11,12). The Morgan fingerprint density at radius 2 is 2.31 bits per heavy atom. The van der Waals surface area contributed by atoms with Gasteiger partial charge >= 0.3 is 0 Å². The fourth-order valence-corrected chi connectivity index (χ4v) is 1.85. The third-order valence-electron chi connectivity index (χ3n) is 1.77. The number of benzene rings is 1. The van der Waals surface area contributed by atoms with E-state index in [1.54, 1.807) is 7.05 Å². The third kappa shape index (κ3) is 1.38. The molecular weight excluding hydrogens is 302 g/mol. The second-order valence-electron chi connectivity index (χ2n) is 2.52. The van der Waals surface area contributed by atoms with Crippen molar-refractivity contribution in [2.24, 2.45) is 0 Å². The first-order valence-electron chi connectivity index (χ1n) is 3.65. The van der Waals surface area contributed by atoms with Crippen LogP contribution in [-0.4, -0.2) is 12.2 Å². The molecule has 0 fully saturated rings. The highest BCUT2D eigenvalue weighted by atomic mass is 127. The van der Waals surface area contributed by atoms with Crippen LogP contribution in [0.5, 0.6) is 0 Å². The quantitative estimate of drug-likeness (QED) is 0.823. The maximum atomic E-state index is 5.92. The highest BCUT2D eigenvalue weighted by molar-refractivity contribution is 14.1. The lowest BCUT2D eigenvalue weighted by Gasteiger charge is -1.95. The molecule has 0 saturated carbocycles. The molecule has 3 nitrogen and oxygen atoms in total. The SMILES string of the molecule is CNc1noc2c(I)c(Cl)ccc12. The highest BCUT2D eigenvalue weighted by Crippen LogP contribution is 2.31. The zero-order valence-electron chi connectivity index (χ0n) is 6.77. The molecule has 0 aliphatic rings. The zero-order chi connectivity index (χ0) is 9.42. The van der Waals surface area contributed by atoms with Crippen LogP contribution < -0.4 is 5.32 Å². The first kappa shape index (κ1) is 9.08. The number of hydrogen-bond acceptors (Lipinski definition) is 3. The van der Waals surface area contributed by atoms with Gasteiger partial charge in [-0.1, -0.05) is 16.8 Å². The van der Waals surface area contributed by atoms with Crippen molar-refractivity contribution >= 4 is 51.0 Å². The van der Waals surface area contributed by atoms with Crippen LogP contribution in [-0.2, 0) is 0 Å². The van der Waals surface area contributed by atoms with Gasteiger partial charge in [0.15, 0.2) is 11.4 Å². The normalized spacial score (nSPS) is 10.7. The van der Waals surface area contributed by atoms with Crippen molar-refractivity contribution < 1.29 is 4.52 Å². The second-order valence-corrected chi connectivity index (χ2v) is 4.01. The minimum absolute atomic E-state index is 0.687. The monoisotopic (exact) mass is 308 g/mol. The Bertz CT molecular complexity index is 455. The minimum atomic E-state index is 0.687. The molecule has 0 spiro atoms. The number of fused-ring (bicyclic) bond motifs is 1. The van der Waals surface area contributed by atoms with Crippen LogP contribution in [0.15, 0.2) is 16.7 Å². The molecule has 2 rings (SSSR count). The molecule has 0 atom stereocenters. The highest BCUT2D eigenvalue weighted by Gasteiger charge is 2.11. The Labute approximate surface area is 93.6 Å². The van der Waals surface area contributed by atoms with Crippen molar-refractivity contribution in [3.63, 3.8) is 0 Å². The summed E-state index contributed by atoms with van der Waals surface area (Å²) in [5.74, 6) is 0.740. The molecule has 0 saturated heterocycles. The summed E-state index contributed by atoms with van der Waals surface area (Å²) >= 11 is 8.06. The summed E-state index contributed by atoms with van der Waals surface area (Å²) in [7, 11) is 1.80. The summed E-state index contributed by atoms with van der Waals surface area (Å²) in [4.78, 5) is 0. The largest absolute Gasteiger partial charge is 0.370 e. The van der Waals surface area contributed by atoms with E-state index in [0.29, 0.717) is 5.02 Å². The third-order valence-corrected chi connectivity index (χ3v) is 3.47. The van der Waals surface area contributed by atoms with E-state index in [4.69, 9.17) is 16.1 Å². The van der Waals surface area contributed by atoms with Crippen LogP contribution >= 0.6 is 34.2 Å². The molecule has 1 N–H and O–H groups in total. The topological polar surface area (TPSA) is 38.1 Å². The Morgan fingerprint density at radius 1 is 1.54 bits per heavy atom. The van der Waals surface area contributed by atoms with Crippen molar-refractivity contribution in [1.82, 2.24) is 5.16 Å². The van der Waals surface area contributed by atoms with Crippen LogP contribution in [0, 0.1) is 3.57 Å². The molecule has 68 valence electrons. The molecule has 0 aliphatic carbocycles. The van der Waals surface area contributed by atoms with Gasteiger partial charge in [-0.25, -0.2) is 0 Å². The van der Waals surface area contributed by atoms with Crippen LogP contribution in [0.4, 0.5) is 5.82 Å². The van der Waals surface area contributed by atoms with Gasteiger partial charge in [0.2, 0.25) is 0 Å². The second kappa shape index (κ2) is 3.34. The summed E-state index contributed by atoms with van der Waals surface area (Å²) in [5.41, 5.74) is 0.734. The van der Waals surface area contributed by atoms with E-state index in [1.807, 2.05) is 12.1 Å². The fraction of sp³-hybridized carbons (Fsp3) is 0.125. The molecule has 2 aromatic rings. The molecule has 0 radical (unpaired) electrons. The van der Waals surface area contributed by atoms with E-state index in [9.17, 15) is 0 Å². The Kier molecular flexibility index (Phi) is 2.33. The summed E-state index contributed by atoms with van der Waals surface area (Å²) in [6, 6.07) is 3.73. The van der Waals surface area contributed by atoms with Crippen molar-refractivity contribution in [3.05, 3.63) is 20.7 Å². The Balaban J connectivity index is 2.81. The number of anilines is 1. The van der Waals surface area contributed by atoms with E-state index in [0.717, 1.165) is 20.4 Å². The van der Waals surface area contributed by atoms with Gasteiger partial charge in [0.25, 0.3) is 0 Å². The molecule has 0 aliphatic heterocycles. The predicted molar refractivity (Wildman–Crippen MR) is 61.3 cm³/mol. The van der Waals surface area contributed by atoms with E-state index < -0.39 is 0 Å². The zero-order valence-corrected chi connectivity index (χ0v) is 9.68. The summed E-state index contributed by atoms with van der Waals surface area (Å²) < 4.78 is 6.04. The van der Waals surface area contributed by atoms with E-state index in [-0.39, 0.29) is 0 Å². The number of nitrogens with zero attached hydrogens (tertiary/aromatic N) is 1. The van der Waals surface area contributed by atoms with Gasteiger partial charge in [-0.2, -0.15) is 0 Å². The molecule has 1 heterocycles. The van der Waals surface area contributed by atoms with Crippen LogP contribution in [0.3, 0.4) is 0 Å². The van der Waals surface area contributed by atoms with Gasteiger partial charge in [0.05, 0.1) is 14.0 Å². The molecule has 0 unspecified atom stereocenters. The smallest absolute Gasteiger partial charge is 0.183 e. The van der Waals surface area contributed by atoms with Gasteiger partial charge in [0.1, 0.15) is 0 Å². The lowest BCUT2D eigenvalue weighted by Crippen LogP contribution is -1.87. The Morgan fingerprint density at radius 3 is 3.00 bits per heavy atom. The molecule has 0 amide bonds. The van der Waals surface area contributed by atoms with E-state index in [1.165, 1.54) is 0 Å². The molecule has 13 heavy (non-hydrogen) atoms. The minimum Gasteiger partial charge on any atom is -0.370 e. The number of halogens is 2. The molecular formula is C8H6ClIN2O. The van der Waals surface area contributed by atoms with E-state index >= 15 is 0 Å². The van der Waals surface area contributed by atoms with Crippen molar-refractivity contribution in [1.29, 1.82) is 0 Å². The lowest BCUT2D eigenvalue weighted by atomic mass is 10.2. The van der Waals surface area contributed by atoms with Gasteiger partial charge < -0.3 is 9.84 Å². The average Bonchev–Trinajstić information content (AvgIpc) is 2.55. The van der Waals surface area contributed by atoms with Crippen LogP contribution in [0.2, 0.25) is 5.02 Å². The number of hydrogen-bond donors (Lipinski definition) is 1. The summed E-state index contributed by atoms with van der Waals surface area (Å²) in [5, 5.41) is 8.45. The molecule has 5 heteroatoms. The van der Waals surface area contributed by atoms with Crippen molar-refractivity contribution in [2.75, 3.05) is 12.4 Å². The van der Waals surface area contributed by atoms with Crippen LogP contribution in [0.25, 0.3) is 11.0 Å². The molecule has 1 aromatic heterocycles. The molecule has 0 bridgehead atoms. The van der Waals surface area contributed by atoms with Gasteiger partial charge in [-0.15, -0.1) is 0 Å². The van der Waals surface area contributed by atoms with Crippen molar-refractivity contribution in [2.45, 2.75) is 0 Å². The number of rotatable bonds is 1.